The highest BCUT2D eigenvalue weighted by atomic mass is 35.5. The smallest absolute Gasteiger partial charge is 0.163 e. The molecule has 0 saturated heterocycles. The molecule has 0 atom stereocenters. The Labute approximate surface area is 130 Å². The first kappa shape index (κ1) is 15.7. The summed E-state index contributed by atoms with van der Waals surface area (Å²) in [6.07, 6.45) is 0. The summed E-state index contributed by atoms with van der Waals surface area (Å²) in [6.45, 7) is 7.36. The number of aromatic nitrogens is 2. The first-order valence-electron chi connectivity index (χ1n) is 6.98. The van der Waals surface area contributed by atoms with Gasteiger partial charge in [-0.15, -0.1) is 0 Å². The Morgan fingerprint density at radius 3 is 2.57 bits per heavy atom. The highest BCUT2D eigenvalue weighted by molar-refractivity contribution is 6.29. The molecule has 0 radical (unpaired) electrons. The molecule has 0 bridgehead atoms. The molecule has 0 amide bonds. The number of hydrogen-bond donors (Lipinski definition) is 1. The molecular formula is C16H20ClN3O. The Morgan fingerprint density at radius 2 is 1.90 bits per heavy atom. The third-order valence-corrected chi connectivity index (χ3v) is 3.15. The Bertz CT molecular complexity index is 587. The van der Waals surface area contributed by atoms with E-state index in [-0.39, 0.29) is 5.60 Å². The predicted molar refractivity (Wildman–Crippen MR) is 86.7 cm³/mol. The molecule has 0 aliphatic carbocycles. The molecule has 112 valence electrons. The molecule has 0 spiro atoms. The zero-order chi connectivity index (χ0) is 15.3. The maximum Gasteiger partial charge on any atom is 0.163 e. The zero-order valence-corrected chi connectivity index (χ0v) is 13.3. The monoisotopic (exact) mass is 305 g/mol. The fourth-order valence-electron chi connectivity index (χ4n) is 1.97. The van der Waals surface area contributed by atoms with Gasteiger partial charge in [-0.3, -0.25) is 0 Å². The lowest BCUT2D eigenvalue weighted by atomic mass is 10.1. The fraction of sp³-hybridized carbons (Fsp3) is 0.375. The van der Waals surface area contributed by atoms with Gasteiger partial charge in [0.25, 0.3) is 0 Å². The first-order valence-corrected chi connectivity index (χ1v) is 7.36. The van der Waals surface area contributed by atoms with Gasteiger partial charge < -0.3 is 10.1 Å². The number of nitrogens with one attached hydrogen (secondary N) is 1. The first-order chi connectivity index (χ1) is 10.00. The lowest BCUT2D eigenvalue weighted by Crippen LogP contribution is -2.33. The molecule has 2 aromatic rings. The SMILES string of the molecule is CCOC(C)(C)CNc1cc(Cl)nc(-c2ccccc2)n1. The van der Waals surface area contributed by atoms with Crippen molar-refractivity contribution in [2.75, 3.05) is 18.5 Å². The van der Waals surface area contributed by atoms with Crippen molar-refractivity contribution in [1.29, 1.82) is 0 Å². The third kappa shape index (κ3) is 4.69. The molecule has 1 aromatic carbocycles. The summed E-state index contributed by atoms with van der Waals surface area (Å²) in [4.78, 5) is 8.77. The van der Waals surface area contributed by atoms with Gasteiger partial charge in [-0.05, 0) is 20.8 Å². The van der Waals surface area contributed by atoms with E-state index >= 15 is 0 Å². The summed E-state index contributed by atoms with van der Waals surface area (Å²) >= 11 is 6.09. The summed E-state index contributed by atoms with van der Waals surface area (Å²) in [5.74, 6) is 1.31. The van der Waals surface area contributed by atoms with E-state index in [1.54, 1.807) is 6.07 Å². The summed E-state index contributed by atoms with van der Waals surface area (Å²) in [5.41, 5.74) is 0.672. The molecule has 0 fully saturated rings. The van der Waals surface area contributed by atoms with Crippen LogP contribution in [0.25, 0.3) is 11.4 Å². The van der Waals surface area contributed by atoms with Crippen LogP contribution in [0.15, 0.2) is 36.4 Å². The molecule has 1 aromatic heterocycles. The molecule has 0 unspecified atom stereocenters. The van der Waals surface area contributed by atoms with Crippen molar-refractivity contribution < 1.29 is 4.74 Å². The highest BCUT2D eigenvalue weighted by Crippen LogP contribution is 2.20. The van der Waals surface area contributed by atoms with Crippen molar-refractivity contribution in [3.63, 3.8) is 0 Å². The van der Waals surface area contributed by atoms with Gasteiger partial charge in [0, 0.05) is 24.8 Å². The maximum atomic E-state index is 6.09. The third-order valence-electron chi connectivity index (χ3n) is 2.96. The molecule has 1 heterocycles. The Morgan fingerprint density at radius 1 is 1.19 bits per heavy atom. The molecule has 2 rings (SSSR count). The van der Waals surface area contributed by atoms with E-state index in [9.17, 15) is 0 Å². The van der Waals surface area contributed by atoms with Gasteiger partial charge in [0.1, 0.15) is 11.0 Å². The number of anilines is 1. The molecule has 4 nitrogen and oxygen atoms in total. The van der Waals surface area contributed by atoms with Crippen LogP contribution in [-0.4, -0.2) is 28.7 Å². The van der Waals surface area contributed by atoms with E-state index in [0.717, 1.165) is 5.56 Å². The van der Waals surface area contributed by atoms with E-state index in [4.69, 9.17) is 16.3 Å². The van der Waals surface area contributed by atoms with Gasteiger partial charge in [-0.2, -0.15) is 0 Å². The lowest BCUT2D eigenvalue weighted by molar-refractivity contribution is 0.000641. The minimum absolute atomic E-state index is 0.265. The number of hydrogen-bond acceptors (Lipinski definition) is 4. The number of ether oxygens (including phenoxy) is 1. The van der Waals surface area contributed by atoms with Gasteiger partial charge in [0.15, 0.2) is 5.82 Å². The predicted octanol–water partition coefficient (Wildman–Crippen LogP) is 4.02. The second kappa shape index (κ2) is 6.87. The molecule has 0 saturated carbocycles. The summed E-state index contributed by atoms with van der Waals surface area (Å²) < 4.78 is 5.66. The average Bonchev–Trinajstić information content (AvgIpc) is 2.46. The van der Waals surface area contributed by atoms with Crippen LogP contribution in [0.5, 0.6) is 0 Å². The fourth-order valence-corrected chi connectivity index (χ4v) is 2.15. The number of benzene rings is 1. The normalized spacial score (nSPS) is 11.4. The largest absolute Gasteiger partial charge is 0.374 e. The Kier molecular flexibility index (Phi) is 5.15. The topological polar surface area (TPSA) is 47.0 Å². The van der Waals surface area contributed by atoms with Crippen LogP contribution in [0.3, 0.4) is 0 Å². The molecular weight excluding hydrogens is 286 g/mol. The van der Waals surface area contributed by atoms with Gasteiger partial charge in [-0.1, -0.05) is 41.9 Å². The minimum Gasteiger partial charge on any atom is -0.374 e. The standard InChI is InChI=1S/C16H20ClN3O/c1-4-21-16(2,3)11-18-14-10-13(17)19-15(20-14)12-8-6-5-7-9-12/h5-10H,4,11H2,1-3H3,(H,18,19,20). The summed E-state index contributed by atoms with van der Waals surface area (Å²) in [5, 5.41) is 3.68. The molecule has 21 heavy (non-hydrogen) atoms. The van der Waals surface area contributed by atoms with Crippen LogP contribution in [0.4, 0.5) is 5.82 Å². The van der Waals surface area contributed by atoms with E-state index in [0.29, 0.717) is 29.9 Å². The van der Waals surface area contributed by atoms with Crippen LogP contribution in [-0.2, 0) is 4.74 Å². The summed E-state index contributed by atoms with van der Waals surface area (Å²) in [6, 6.07) is 11.5. The maximum absolute atomic E-state index is 6.09. The molecule has 5 heteroatoms. The minimum atomic E-state index is -0.265. The molecule has 0 aliphatic rings. The van der Waals surface area contributed by atoms with Crippen molar-refractivity contribution in [2.24, 2.45) is 0 Å². The van der Waals surface area contributed by atoms with Crippen LogP contribution < -0.4 is 5.32 Å². The van der Waals surface area contributed by atoms with Crippen molar-refractivity contribution >= 4 is 17.4 Å². The summed E-state index contributed by atoms with van der Waals surface area (Å²) in [7, 11) is 0. The van der Waals surface area contributed by atoms with E-state index in [1.807, 2.05) is 51.1 Å². The average molecular weight is 306 g/mol. The van der Waals surface area contributed by atoms with E-state index in [1.165, 1.54) is 0 Å². The van der Waals surface area contributed by atoms with Crippen LogP contribution in [0, 0.1) is 0 Å². The quantitative estimate of drug-likeness (QED) is 0.819. The molecule has 1 N–H and O–H groups in total. The second-order valence-electron chi connectivity index (χ2n) is 5.31. The van der Waals surface area contributed by atoms with Crippen molar-refractivity contribution in [1.82, 2.24) is 9.97 Å². The van der Waals surface area contributed by atoms with E-state index in [2.05, 4.69) is 15.3 Å². The Balaban J connectivity index is 2.16. The van der Waals surface area contributed by atoms with Gasteiger partial charge in [0.2, 0.25) is 0 Å². The number of nitrogens with zero attached hydrogens (tertiary/aromatic N) is 2. The van der Waals surface area contributed by atoms with Crippen LogP contribution in [0.1, 0.15) is 20.8 Å². The number of halogens is 1. The van der Waals surface area contributed by atoms with Gasteiger partial charge >= 0.3 is 0 Å². The van der Waals surface area contributed by atoms with Gasteiger partial charge in [0.05, 0.1) is 5.60 Å². The van der Waals surface area contributed by atoms with Crippen molar-refractivity contribution in [2.45, 2.75) is 26.4 Å². The number of rotatable bonds is 6. The van der Waals surface area contributed by atoms with Crippen molar-refractivity contribution in [3.05, 3.63) is 41.6 Å². The Hall–Kier alpha value is -1.65. The van der Waals surface area contributed by atoms with Crippen molar-refractivity contribution in [3.8, 4) is 11.4 Å². The second-order valence-corrected chi connectivity index (χ2v) is 5.70. The van der Waals surface area contributed by atoms with Gasteiger partial charge in [-0.25, -0.2) is 9.97 Å². The molecule has 0 aliphatic heterocycles. The highest BCUT2D eigenvalue weighted by Gasteiger charge is 2.17. The lowest BCUT2D eigenvalue weighted by Gasteiger charge is -2.25. The van der Waals surface area contributed by atoms with Crippen LogP contribution in [0.2, 0.25) is 5.15 Å². The van der Waals surface area contributed by atoms with Crippen LogP contribution >= 0.6 is 11.6 Å². The zero-order valence-electron chi connectivity index (χ0n) is 12.6. The van der Waals surface area contributed by atoms with E-state index < -0.39 is 0 Å².